The molecular formula is C13H11Cl3O3. The Morgan fingerprint density at radius 2 is 2.00 bits per heavy atom. The predicted octanol–water partition coefficient (Wildman–Crippen LogP) is 3.75. The van der Waals surface area contributed by atoms with Crippen LogP contribution in [0, 0.1) is 0 Å². The zero-order chi connectivity index (χ0) is 14.4. The first-order valence-electron chi connectivity index (χ1n) is 5.37. The molecule has 0 saturated heterocycles. The van der Waals surface area contributed by atoms with E-state index < -0.39 is 11.8 Å². The Balaban J connectivity index is 3.11. The van der Waals surface area contributed by atoms with E-state index in [0.29, 0.717) is 10.6 Å². The number of ether oxygens (including phenoxy) is 1. The molecule has 0 aliphatic rings. The van der Waals surface area contributed by atoms with E-state index in [1.165, 1.54) is 13.0 Å². The van der Waals surface area contributed by atoms with Crippen molar-refractivity contribution in [2.75, 3.05) is 12.5 Å². The third-order valence-electron chi connectivity index (χ3n) is 2.19. The standard InChI is InChI=1S/C13H11Cl3O3/c1-8(17)10(13(18)19-6-5-14)7-9-3-2-4-11(15)12(9)16/h2-4,7H,5-6H2,1H3/b10-7+. The maximum atomic E-state index is 11.7. The summed E-state index contributed by atoms with van der Waals surface area (Å²) in [6.45, 7) is 1.31. The Kier molecular flexibility index (Phi) is 6.35. The quantitative estimate of drug-likeness (QED) is 0.273. The molecule has 0 amide bonds. The first-order valence-corrected chi connectivity index (χ1v) is 6.66. The number of halogens is 3. The highest BCUT2D eigenvalue weighted by Gasteiger charge is 2.17. The van der Waals surface area contributed by atoms with Crippen molar-refractivity contribution < 1.29 is 14.3 Å². The number of hydrogen-bond donors (Lipinski definition) is 0. The number of benzene rings is 1. The van der Waals surface area contributed by atoms with Crippen molar-refractivity contribution in [2.45, 2.75) is 6.92 Å². The Morgan fingerprint density at radius 1 is 1.32 bits per heavy atom. The molecule has 19 heavy (non-hydrogen) atoms. The van der Waals surface area contributed by atoms with Gasteiger partial charge in [-0.05, 0) is 24.6 Å². The fourth-order valence-corrected chi connectivity index (χ4v) is 1.74. The first kappa shape index (κ1) is 16.0. The van der Waals surface area contributed by atoms with Gasteiger partial charge in [0, 0.05) is 0 Å². The predicted molar refractivity (Wildman–Crippen MR) is 76.8 cm³/mol. The number of esters is 1. The van der Waals surface area contributed by atoms with E-state index in [9.17, 15) is 9.59 Å². The molecule has 3 nitrogen and oxygen atoms in total. The molecule has 0 bridgehead atoms. The van der Waals surface area contributed by atoms with Gasteiger partial charge in [0.2, 0.25) is 0 Å². The maximum absolute atomic E-state index is 11.7. The van der Waals surface area contributed by atoms with Gasteiger partial charge in [-0.1, -0.05) is 35.3 Å². The molecule has 0 aliphatic carbocycles. The minimum absolute atomic E-state index is 0.0360. The SMILES string of the molecule is CC(=O)/C(=C\c1cccc(Cl)c1Cl)C(=O)OCCCl. The van der Waals surface area contributed by atoms with E-state index in [4.69, 9.17) is 39.5 Å². The molecule has 1 rings (SSSR count). The highest BCUT2D eigenvalue weighted by Crippen LogP contribution is 2.27. The summed E-state index contributed by atoms with van der Waals surface area (Å²) in [4.78, 5) is 23.2. The minimum Gasteiger partial charge on any atom is -0.461 e. The van der Waals surface area contributed by atoms with Gasteiger partial charge in [0.1, 0.15) is 12.2 Å². The number of carbonyl (C=O) groups is 2. The normalized spacial score (nSPS) is 11.3. The summed E-state index contributed by atoms with van der Waals surface area (Å²) >= 11 is 17.3. The molecule has 102 valence electrons. The van der Waals surface area contributed by atoms with E-state index in [2.05, 4.69) is 0 Å². The second-order valence-electron chi connectivity index (χ2n) is 3.58. The van der Waals surface area contributed by atoms with Gasteiger partial charge >= 0.3 is 5.97 Å². The van der Waals surface area contributed by atoms with Crippen molar-refractivity contribution >= 4 is 52.6 Å². The number of alkyl halides is 1. The summed E-state index contributed by atoms with van der Waals surface area (Å²) in [7, 11) is 0. The van der Waals surface area contributed by atoms with Crippen molar-refractivity contribution in [2.24, 2.45) is 0 Å². The van der Waals surface area contributed by atoms with Crippen LogP contribution in [0.25, 0.3) is 6.08 Å². The molecular weight excluding hydrogens is 310 g/mol. The highest BCUT2D eigenvalue weighted by molar-refractivity contribution is 6.43. The van der Waals surface area contributed by atoms with Crippen molar-refractivity contribution in [1.29, 1.82) is 0 Å². The second kappa shape index (κ2) is 7.53. The molecule has 0 fully saturated rings. The molecule has 0 aromatic heterocycles. The number of rotatable bonds is 5. The van der Waals surface area contributed by atoms with Gasteiger partial charge in [-0.3, -0.25) is 4.79 Å². The van der Waals surface area contributed by atoms with Gasteiger partial charge in [-0.15, -0.1) is 11.6 Å². The zero-order valence-corrected chi connectivity index (χ0v) is 12.4. The van der Waals surface area contributed by atoms with Crippen LogP contribution in [-0.4, -0.2) is 24.2 Å². The van der Waals surface area contributed by atoms with Crippen LogP contribution >= 0.6 is 34.8 Å². The van der Waals surface area contributed by atoms with Crippen molar-refractivity contribution in [3.63, 3.8) is 0 Å². The summed E-state index contributed by atoms with van der Waals surface area (Å²) in [6, 6.07) is 4.92. The molecule has 0 heterocycles. The highest BCUT2D eigenvalue weighted by atomic mass is 35.5. The largest absolute Gasteiger partial charge is 0.461 e. The summed E-state index contributed by atoms with van der Waals surface area (Å²) in [5, 5.41) is 0.612. The fourth-order valence-electron chi connectivity index (χ4n) is 1.30. The Morgan fingerprint density at radius 3 is 2.58 bits per heavy atom. The molecule has 0 N–H and O–H groups in total. The average Bonchev–Trinajstić information content (AvgIpc) is 2.37. The fraction of sp³-hybridized carbons (Fsp3) is 0.231. The lowest BCUT2D eigenvalue weighted by Crippen LogP contribution is -2.14. The summed E-state index contributed by atoms with van der Waals surface area (Å²) in [5.41, 5.74) is 0.372. The maximum Gasteiger partial charge on any atom is 0.341 e. The summed E-state index contributed by atoms with van der Waals surface area (Å²) < 4.78 is 4.82. The van der Waals surface area contributed by atoms with Gasteiger partial charge < -0.3 is 4.74 Å². The lowest BCUT2D eigenvalue weighted by molar-refractivity contribution is -0.139. The molecule has 6 heteroatoms. The zero-order valence-electron chi connectivity index (χ0n) is 10.1. The Labute approximate surface area is 126 Å². The Bertz CT molecular complexity index is 524. The third-order valence-corrected chi connectivity index (χ3v) is 3.18. The van der Waals surface area contributed by atoms with E-state index in [1.807, 2.05) is 0 Å². The molecule has 0 spiro atoms. The second-order valence-corrected chi connectivity index (χ2v) is 4.75. The molecule has 1 aromatic rings. The van der Waals surface area contributed by atoms with E-state index in [-0.39, 0.29) is 23.1 Å². The van der Waals surface area contributed by atoms with Gasteiger partial charge in [-0.2, -0.15) is 0 Å². The monoisotopic (exact) mass is 320 g/mol. The number of hydrogen-bond acceptors (Lipinski definition) is 3. The molecule has 0 radical (unpaired) electrons. The first-order chi connectivity index (χ1) is 8.97. The van der Waals surface area contributed by atoms with Gasteiger partial charge in [-0.25, -0.2) is 4.79 Å². The molecule has 0 aliphatic heterocycles. The van der Waals surface area contributed by atoms with Gasteiger partial charge in [0.25, 0.3) is 0 Å². The van der Waals surface area contributed by atoms with E-state index in [1.54, 1.807) is 18.2 Å². The van der Waals surface area contributed by atoms with Crippen molar-refractivity contribution in [3.8, 4) is 0 Å². The molecule has 0 saturated carbocycles. The van der Waals surface area contributed by atoms with Crippen LogP contribution in [0.15, 0.2) is 23.8 Å². The lowest BCUT2D eigenvalue weighted by atomic mass is 10.1. The number of ketones is 1. The number of Topliss-reactive ketones (excluding diaryl/α,β-unsaturated/α-hetero) is 1. The van der Waals surface area contributed by atoms with Crippen LogP contribution in [0.1, 0.15) is 12.5 Å². The molecule has 0 atom stereocenters. The van der Waals surface area contributed by atoms with Crippen LogP contribution in [0.2, 0.25) is 10.0 Å². The Hall–Kier alpha value is -1.03. The smallest absolute Gasteiger partial charge is 0.341 e. The van der Waals surface area contributed by atoms with Crippen LogP contribution in [0.5, 0.6) is 0 Å². The van der Waals surface area contributed by atoms with Crippen LogP contribution in [0.3, 0.4) is 0 Å². The van der Waals surface area contributed by atoms with Crippen LogP contribution < -0.4 is 0 Å². The summed E-state index contributed by atoms with van der Waals surface area (Å²) in [6.07, 6.45) is 1.35. The lowest BCUT2D eigenvalue weighted by Gasteiger charge is -2.06. The van der Waals surface area contributed by atoms with Gasteiger partial charge in [0.05, 0.1) is 15.9 Å². The summed E-state index contributed by atoms with van der Waals surface area (Å²) in [5.74, 6) is -0.991. The van der Waals surface area contributed by atoms with Crippen molar-refractivity contribution in [3.05, 3.63) is 39.4 Å². The van der Waals surface area contributed by atoms with Crippen LogP contribution in [0.4, 0.5) is 0 Å². The van der Waals surface area contributed by atoms with E-state index in [0.717, 1.165) is 0 Å². The van der Waals surface area contributed by atoms with Crippen LogP contribution in [-0.2, 0) is 14.3 Å². The molecule has 1 aromatic carbocycles. The third kappa shape index (κ3) is 4.53. The molecule has 0 unspecified atom stereocenters. The van der Waals surface area contributed by atoms with Gasteiger partial charge in [0.15, 0.2) is 5.78 Å². The van der Waals surface area contributed by atoms with E-state index >= 15 is 0 Å². The minimum atomic E-state index is -0.732. The number of carbonyl (C=O) groups excluding carboxylic acids is 2. The average molecular weight is 322 g/mol. The van der Waals surface area contributed by atoms with Crippen molar-refractivity contribution in [1.82, 2.24) is 0 Å². The topological polar surface area (TPSA) is 43.4 Å².